The third-order valence-electron chi connectivity index (χ3n) is 4.42. The maximum atomic E-state index is 3.74. The van der Waals surface area contributed by atoms with Crippen molar-refractivity contribution in [1.29, 1.82) is 0 Å². The Morgan fingerprint density at radius 1 is 1.38 bits per heavy atom. The molecule has 1 heterocycles. The molecular formula is C18H22BrNS. The van der Waals surface area contributed by atoms with Crippen LogP contribution < -0.4 is 5.32 Å². The Labute approximate surface area is 139 Å². The van der Waals surface area contributed by atoms with E-state index < -0.39 is 0 Å². The molecule has 1 aromatic heterocycles. The van der Waals surface area contributed by atoms with Crippen molar-refractivity contribution in [3.8, 4) is 0 Å². The van der Waals surface area contributed by atoms with Gasteiger partial charge in [-0.25, -0.2) is 0 Å². The third-order valence-corrected chi connectivity index (χ3v) is 6.64. The lowest BCUT2D eigenvalue weighted by atomic mass is 9.78. The summed E-state index contributed by atoms with van der Waals surface area (Å²) in [6, 6.07) is 11.8. The first kappa shape index (κ1) is 15.3. The predicted molar refractivity (Wildman–Crippen MR) is 95.3 cm³/mol. The van der Waals surface area contributed by atoms with E-state index in [-0.39, 0.29) is 0 Å². The minimum atomic E-state index is 0.437. The van der Waals surface area contributed by atoms with Crippen molar-refractivity contribution >= 4 is 27.3 Å². The normalized spacial score (nSPS) is 19.3. The number of hydrogen-bond donors (Lipinski definition) is 1. The second kappa shape index (κ2) is 6.64. The quantitative estimate of drug-likeness (QED) is 0.746. The lowest BCUT2D eigenvalue weighted by Crippen LogP contribution is -2.28. The Balaban J connectivity index is 1.98. The van der Waals surface area contributed by atoms with Crippen LogP contribution in [0.3, 0.4) is 0 Å². The van der Waals surface area contributed by atoms with Gasteiger partial charge in [-0.2, -0.15) is 0 Å². The SMILES string of the molecule is CCNC(c1cc(Br)c(C)s1)C1CCCc2ccccc21. The number of halogens is 1. The molecule has 0 saturated heterocycles. The Kier molecular flexibility index (Phi) is 4.82. The third kappa shape index (κ3) is 3.10. The van der Waals surface area contributed by atoms with Crippen LogP contribution in [0.1, 0.15) is 52.6 Å². The summed E-state index contributed by atoms with van der Waals surface area (Å²) in [5, 5.41) is 3.74. The first-order chi connectivity index (χ1) is 10.2. The highest BCUT2D eigenvalue weighted by Crippen LogP contribution is 2.43. The van der Waals surface area contributed by atoms with Gasteiger partial charge in [-0.05, 0) is 65.9 Å². The molecule has 3 heteroatoms. The van der Waals surface area contributed by atoms with E-state index in [1.165, 1.54) is 33.5 Å². The first-order valence-corrected chi connectivity index (χ1v) is 9.38. The van der Waals surface area contributed by atoms with E-state index in [0.29, 0.717) is 12.0 Å². The highest BCUT2D eigenvalue weighted by Gasteiger charge is 2.29. The van der Waals surface area contributed by atoms with Crippen LogP contribution in [0.4, 0.5) is 0 Å². The maximum absolute atomic E-state index is 3.74. The van der Waals surface area contributed by atoms with E-state index >= 15 is 0 Å². The molecule has 0 amide bonds. The largest absolute Gasteiger partial charge is 0.309 e. The van der Waals surface area contributed by atoms with Gasteiger partial charge >= 0.3 is 0 Å². The monoisotopic (exact) mass is 363 g/mol. The summed E-state index contributed by atoms with van der Waals surface area (Å²) < 4.78 is 1.24. The fourth-order valence-electron chi connectivity index (χ4n) is 3.43. The summed E-state index contributed by atoms with van der Waals surface area (Å²) in [7, 11) is 0. The van der Waals surface area contributed by atoms with Gasteiger partial charge in [0.05, 0.1) is 0 Å². The summed E-state index contributed by atoms with van der Waals surface area (Å²) in [5.41, 5.74) is 3.10. The first-order valence-electron chi connectivity index (χ1n) is 7.77. The molecule has 1 aromatic carbocycles. The number of benzene rings is 1. The lowest BCUT2D eigenvalue weighted by molar-refractivity contribution is 0.413. The molecule has 21 heavy (non-hydrogen) atoms. The van der Waals surface area contributed by atoms with Crippen LogP contribution in [0.25, 0.3) is 0 Å². The van der Waals surface area contributed by atoms with Crippen molar-refractivity contribution in [1.82, 2.24) is 5.32 Å². The Morgan fingerprint density at radius 2 is 2.19 bits per heavy atom. The fraction of sp³-hybridized carbons (Fsp3) is 0.444. The molecule has 1 aliphatic carbocycles. The minimum Gasteiger partial charge on any atom is -0.309 e. The average Bonchev–Trinajstić information content (AvgIpc) is 2.84. The van der Waals surface area contributed by atoms with Gasteiger partial charge in [0, 0.05) is 26.2 Å². The zero-order chi connectivity index (χ0) is 14.8. The fourth-order valence-corrected chi connectivity index (χ4v) is 5.14. The van der Waals surface area contributed by atoms with Gasteiger partial charge in [-0.3, -0.25) is 0 Å². The van der Waals surface area contributed by atoms with Gasteiger partial charge in [-0.15, -0.1) is 11.3 Å². The van der Waals surface area contributed by atoms with Crippen molar-refractivity contribution in [3.63, 3.8) is 0 Å². The van der Waals surface area contributed by atoms with Crippen LogP contribution in [0, 0.1) is 6.92 Å². The molecule has 0 spiro atoms. The van der Waals surface area contributed by atoms with E-state index in [1.54, 1.807) is 11.1 Å². The topological polar surface area (TPSA) is 12.0 Å². The molecule has 2 atom stereocenters. The number of rotatable bonds is 4. The summed E-state index contributed by atoms with van der Waals surface area (Å²) in [5.74, 6) is 0.597. The number of fused-ring (bicyclic) bond motifs is 1. The molecule has 112 valence electrons. The van der Waals surface area contributed by atoms with E-state index in [9.17, 15) is 0 Å². The van der Waals surface area contributed by atoms with E-state index in [4.69, 9.17) is 0 Å². The van der Waals surface area contributed by atoms with Crippen molar-refractivity contribution in [2.24, 2.45) is 0 Å². The molecule has 1 aliphatic rings. The van der Waals surface area contributed by atoms with Crippen LogP contribution in [0.5, 0.6) is 0 Å². The number of thiophene rings is 1. The second-order valence-corrected chi connectivity index (χ2v) is 7.93. The van der Waals surface area contributed by atoms with Crippen molar-refractivity contribution in [3.05, 3.63) is 55.7 Å². The molecule has 0 bridgehead atoms. The lowest BCUT2D eigenvalue weighted by Gasteiger charge is -2.32. The summed E-state index contributed by atoms with van der Waals surface area (Å²) >= 11 is 5.60. The van der Waals surface area contributed by atoms with Gasteiger partial charge in [0.1, 0.15) is 0 Å². The van der Waals surface area contributed by atoms with Gasteiger partial charge in [0.25, 0.3) is 0 Å². The van der Waals surface area contributed by atoms with Crippen LogP contribution in [0.15, 0.2) is 34.8 Å². The molecule has 0 radical (unpaired) electrons. The highest BCUT2D eigenvalue weighted by atomic mass is 79.9. The smallest absolute Gasteiger partial charge is 0.0484 e. The van der Waals surface area contributed by atoms with Gasteiger partial charge in [-0.1, -0.05) is 31.2 Å². The molecule has 0 fully saturated rings. The van der Waals surface area contributed by atoms with E-state index in [0.717, 1.165) is 6.54 Å². The average molecular weight is 364 g/mol. The van der Waals surface area contributed by atoms with E-state index in [1.807, 2.05) is 11.3 Å². The van der Waals surface area contributed by atoms with E-state index in [2.05, 4.69) is 65.4 Å². The van der Waals surface area contributed by atoms with Gasteiger partial charge in [0.2, 0.25) is 0 Å². The molecule has 3 rings (SSSR count). The van der Waals surface area contributed by atoms with Crippen LogP contribution in [0.2, 0.25) is 0 Å². The zero-order valence-corrected chi connectivity index (χ0v) is 15.1. The summed E-state index contributed by atoms with van der Waals surface area (Å²) in [6.07, 6.45) is 3.82. The standard InChI is InChI=1S/C18H22BrNS/c1-3-20-18(17-11-16(19)12(2)21-17)15-10-6-8-13-7-4-5-9-14(13)15/h4-5,7,9,11,15,18,20H,3,6,8,10H2,1-2H3. The number of nitrogens with one attached hydrogen (secondary N) is 1. The van der Waals surface area contributed by atoms with Crippen LogP contribution >= 0.6 is 27.3 Å². The van der Waals surface area contributed by atoms with Crippen molar-refractivity contribution in [2.75, 3.05) is 6.54 Å². The van der Waals surface area contributed by atoms with Crippen molar-refractivity contribution < 1.29 is 0 Å². The number of likely N-dealkylation sites (N-methyl/N-ethyl adjacent to an activating group) is 1. The maximum Gasteiger partial charge on any atom is 0.0484 e. The van der Waals surface area contributed by atoms with Crippen LogP contribution in [-0.4, -0.2) is 6.54 Å². The molecule has 2 unspecified atom stereocenters. The minimum absolute atomic E-state index is 0.437. The van der Waals surface area contributed by atoms with Gasteiger partial charge < -0.3 is 5.32 Å². The zero-order valence-electron chi connectivity index (χ0n) is 12.7. The molecule has 0 saturated carbocycles. The molecular weight excluding hydrogens is 342 g/mol. The predicted octanol–water partition coefficient (Wildman–Crippen LogP) is 5.59. The number of aryl methyl sites for hydroxylation is 2. The summed E-state index contributed by atoms with van der Waals surface area (Å²) in [4.78, 5) is 2.83. The highest BCUT2D eigenvalue weighted by molar-refractivity contribution is 9.10. The Hall–Kier alpha value is -0.640. The number of hydrogen-bond acceptors (Lipinski definition) is 2. The Morgan fingerprint density at radius 3 is 2.90 bits per heavy atom. The van der Waals surface area contributed by atoms with Crippen molar-refractivity contribution in [2.45, 2.75) is 45.1 Å². The molecule has 0 aliphatic heterocycles. The molecule has 1 N–H and O–H groups in total. The molecule has 1 nitrogen and oxygen atoms in total. The van der Waals surface area contributed by atoms with Crippen LogP contribution in [-0.2, 0) is 6.42 Å². The van der Waals surface area contributed by atoms with Gasteiger partial charge in [0.15, 0.2) is 0 Å². The second-order valence-electron chi connectivity index (χ2n) is 5.79. The Bertz CT molecular complexity index is 600. The summed E-state index contributed by atoms with van der Waals surface area (Å²) in [6.45, 7) is 5.41. The molecule has 2 aromatic rings.